The minimum absolute atomic E-state index is 0.0705. The summed E-state index contributed by atoms with van der Waals surface area (Å²) < 4.78 is 11.1. The van der Waals surface area contributed by atoms with E-state index in [1.165, 1.54) is 6.92 Å². The van der Waals surface area contributed by atoms with Gasteiger partial charge in [0, 0.05) is 6.61 Å². The lowest BCUT2D eigenvalue weighted by Crippen LogP contribution is -2.47. The molecule has 0 aromatic carbocycles. The van der Waals surface area contributed by atoms with Gasteiger partial charge in [0.15, 0.2) is 11.6 Å². The van der Waals surface area contributed by atoms with E-state index in [2.05, 4.69) is 0 Å². The topological polar surface area (TPSA) is 52.6 Å². The first kappa shape index (κ1) is 17.3. The van der Waals surface area contributed by atoms with Crippen LogP contribution in [-0.4, -0.2) is 35.5 Å². The van der Waals surface area contributed by atoms with Crippen LogP contribution in [0.15, 0.2) is 0 Å². The SMILES string of the molecule is CCOC(C)(C)C(=O)C(C)OC(C)(CC)C(C)=O. The zero-order valence-corrected chi connectivity index (χ0v) is 12.6. The second-order valence-electron chi connectivity index (χ2n) is 5.21. The third-order valence-electron chi connectivity index (χ3n) is 3.32. The standard InChI is InChI=1S/C14H26O4/c1-8-14(7,11(4)15)18-10(3)12(16)13(5,6)17-9-2/h10H,8-9H2,1-7H3. The summed E-state index contributed by atoms with van der Waals surface area (Å²) in [7, 11) is 0. The van der Waals surface area contributed by atoms with Gasteiger partial charge >= 0.3 is 0 Å². The Labute approximate surface area is 110 Å². The van der Waals surface area contributed by atoms with E-state index in [0.29, 0.717) is 13.0 Å². The fraction of sp³-hybridized carbons (Fsp3) is 0.857. The monoisotopic (exact) mass is 258 g/mol. The number of carbonyl (C=O) groups excluding carboxylic acids is 2. The predicted molar refractivity (Wildman–Crippen MR) is 70.6 cm³/mol. The molecule has 0 saturated heterocycles. The molecule has 0 spiro atoms. The predicted octanol–water partition coefficient (Wildman–Crippen LogP) is 2.53. The Bertz CT molecular complexity index is 309. The van der Waals surface area contributed by atoms with Crippen LogP contribution >= 0.6 is 0 Å². The van der Waals surface area contributed by atoms with Crippen LogP contribution < -0.4 is 0 Å². The highest BCUT2D eigenvalue weighted by molar-refractivity contribution is 5.91. The van der Waals surface area contributed by atoms with Gasteiger partial charge in [0.1, 0.15) is 17.3 Å². The number of rotatable bonds is 8. The third-order valence-corrected chi connectivity index (χ3v) is 3.32. The lowest BCUT2D eigenvalue weighted by Gasteiger charge is -2.32. The normalized spacial score (nSPS) is 17.1. The van der Waals surface area contributed by atoms with E-state index in [-0.39, 0.29) is 11.6 Å². The van der Waals surface area contributed by atoms with Crippen molar-refractivity contribution in [1.29, 1.82) is 0 Å². The maximum absolute atomic E-state index is 12.2. The number of ether oxygens (including phenoxy) is 2. The minimum Gasteiger partial charge on any atom is -0.368 e. The van der Waals surface area contributed by atoms with E-state index >= 15 is 0 Å². The van der Waals surface area contributed by atoms with Crippen molar-refractivity contribution in [2.24, 2.45) is 0 Å². The maximum Gasteiger partial charge on any atom is 0.192 e. The van der Waals surface area contributed by atoms with Crippen LogP contribution in [0.1, 0.15) is 54.9 Å². The summed E-state index contributed by atoms with van der Waals surface area (Å²) in [5.74, 6) is -0.218. The molecule has 0 N–H and O–H groups in total. The van der Waals surface area contributed by atoms with Crippen LogP contribution in [-0.2, 0) is 19.1 Å². The van der Waals surface area contributed by atoms with Crippen molar-refractivity contribution >= 4 is 11.6 Å². The van der Waals surface area contributed by atoms with Gasteiger partial charge in [0.2, 0.25) is 0 Å². The lowest BCUT2D eigenvalue weighted by atomic mass is 9.95. The molecule has 0 aliphatic rings. The maximum atomic E-state index is 12.2. The molecule has 0 saturated carbocycles. The highest BCUT2D eigenvalue weighted by Gasteiger charge is 2.38. The molecule has 0 amide bonds. The van der Waals surface area contributed by atoms with Crippen molar-refractivity contribution in [1.82, 2.24) is 0 Å². The van der Waals surface area contributed by atoms with Crippen LogP contribution in [0.3, 0.4) is 0 Å². The number of hydrogen-bond donors (Lipinski definition) is 0. The summed E-state index contributed by atoms with van der Waals surface area (Å²) >= 11 is 0. The summed E-state index contributed by atoms with van der Waals surface area (Å²) in [6.45, 7) is 12.5. The van der Waals surface area contributed by atoms with Crippen molar-refractivity contribution < 1.29 is 19.1 Å². The largest absolute Gasteiger partial charge is 0.368 e. The highest BCUT2D eigenvalue weighted by Crippen LogP contribution is 2.22. The molecule has 4 heteroatoms. The number of carbonyl (C=O) groups is 2. The van der Waals surface area contributed by atoms with E-state index < -0.39 is 17.3 Å². The van der Waals surface area contributed by atoms with E-state index in [9.17, 15) is 9.59 Å². The fourth-order valence-corrected chi connectivity index (χ4v) is 1.78. The second-order valence-corrected chi connectivity index (χ2v) is 5.21. The molecule has 4 nitrogen and oxygen atoms in total. The van der Waals surface area contributed by atoms with Crippen molar-refractivity contribution in [3.63, 3.8) is 0 Å². The van der Waals surface area contributed by atoms with Crippen LogP contribution in [0.5, 0.6) is 0 Å². The summed E-state index contributed by atoms with van der Waals surface area (Å²) in [5.41, 5.74) is -1.79. The third kappa shape index (κ3) is 4.18. The van der Waals surface area contributed by atoms with E-state index in [1.54, 1.807) is 27.7 Å². The molecule has 0 bridgehead atoms. The second kappa shape index (κ2) is 6.43. The van der Waals surface area contributed by atoms with Gasteiger partial charge in [0.25, 0.3) is 0 Å². The minimum atomic E-state index is -0.905. The Morgan fingerprint density at radius 2 is 1.67 bits per heavy atom. The van der Waals surface area contributed by atoms with Crippen LogP contribution in [0, 0.1) is 0 Å². The van der Waals surface area contributed by atoms with Crippen molar-refractivity contribution in [2.45, 2.75) is 72.2 Å². The first-order chi connectivity index (χ1) is 8.10. The average molecular weight is 258 g/mol. The highest BCUT2D eigenvalue weighted by atomic mass is 16.5. The molecule has 106 valence electrons. The summed E-state index contributed by atoms with van der Waals surface area (Å²) in [6, 6.07) is 0. The first-order valence-corrected chi connectivity index (χ1v) is 6.47. The van der Waals surface area contributed by atoms with Crippen LogP contribution in [0.25, 0.3) is 0 Å². The van der Waals surface area contributed by atoms with Gasteiger partial charge < -0.3 is 9.47 Å². The quantitative estimate of drug-likeness (QED) is 0.671. The van der Waals surface area contributed by atoms with Crippen molar-refractivity contribution in [3.8, 4) is 0 Å². The van der Waals surface area contributed by atoms with E-state index in [4.69, 9.17) is 9.47 Å². The molecule has 0 fully saturated rings. The Morgan fingerprint density at radius 1 is 1.17 bits per heavy atom. The molecule has 0 aliphatic carbocycles. The number of hydrogen-bond acceptors (Lipinski definition) is 4. The fourth-order valence-electron chi connectivity index (χ4n) is 1.78. The zero-order valence-electron chi connectivity index (χ0n) is 12.6. The van der Waals surface area contributed by atoms with Gasteiger partial charge in [-0.2, -0.15) is 0 Å². The average Bonchev–Trinajstić information content (AvgIpc) is 2.27. The van der Waals surface area contributed by atoms with Gasteiger partial charge in [0.05, 0.1) is 0 Å². The van der Waals surface area contributed by atoms with Crippen molar-refractivity contribution in [2.75, 3.05) is 6.61 Å². The molecular formula is C14H26O4. The molecule has 0 aromatic rings. The Hall–Kier alpha value is -0.740. The first-order valence-electron chi connectivity index (χ1n) is 6.47. The Kier molecular flexibility index (Phi) is 6.17. The van der Waals surface area contributed by atoms with Gasteiger partial charge in [-0.05, 0) is 48.0 Å². The van der Waals surface area contributed by atoms with Gasteiger partial charge in [-0.1, -0.05) is 6.92 Å². The molecular weight excluding hydrogens is 232 g/mol. The number of ketones is 2. The van der Waals surface area contributed by atoms with Gasteiger partial charge in [-0.3, -0.25) is 9.59 Å². The molecule has 0 rings (SSSR count). The molecule has 0 aromatic heterocycles. The molecule has 18 heavy (non-hydrogen) atoms. The smallest absolute Gasteiger partial charge is 0.192 e. The molecule has 0 radical (unpaired) electrons. The summed E-state index contributed by atoms with van der Waals surface area (Å²) in [6.07, 6.45) is -0.130. The Balaban J connectivity index is 4.82. The molecule has 2 atom stereocenters. The molecule has 0 heterocycles. The number of Topliss-reactive ketones (excluding diaryl/α,β-unsaturated/α-hetero) is 2. The van der Waals surface area contributed by atoms with Crippen LogP contribution in [0.2, 0.25) is 0 Å². The Morgan fingerprint density at radius 3 is 2.00 bits per heavy atom. The molecule has 2 unspecified atom stereocenters. The zero-order chi connectivity index (χ0) is 14.6. The lowest BCUT2D eigenvalue weighted by molar-refractivity contribution is -0.167. The summed E-state index contributed by atoms with van der Waals surface area (Å²) in [4.78, 5) is 23.8. The van der Waals surface area contributed by atoms with E-state index in [1.807, 2.05) is 13.8 Å². The van der Waals surface area contributed by atoms with Crippen LogP contribution in [0.4, 0.5) is 0 Å². The van der Waals surface area contributed by atoms with Crippen molar-refractivity contribution in [3.05, 3.63) is 0 Å². The summed E-state index contributed by atoms with van der Waals surface area (Å²) in [5, 5.41) is 0. The van der Waals surface area contributed by atoms with E-state index in [0.717, 1.165) is 0 Å². The molecule has 0 aliphatic heterocycles. The van der Waals surface area contributed by atoms with Gasteiger partial charge in [-0.25, -0.2) is 0 Å². The van der Waals surface area contributed by atoms with Gasteiger partial charge in [-0.15, -0.1) is 0 Å².